The van der Waals surface area contributed by atoms with Gasteiger partial charge in [-0.3, -0.25) is 5.43 Å². The van der Waals surface area contributed by atoms with E-state index in [1.54, 1.807) is 32.3 Å². The van der Waals surface area contributed by atoms with Gasteiger partial charge in [0.15, 0.2) is 0 Å². The number of urea groups is 1. The summed E-state index contributed by atoms with van der Waals surface area (Å²) in [6.07, 6.45) is 0. The molecule has 0 aliphatic heterocycles. The standard InChI is InChI=1S/C11H17N3O2/c1-8-6-5-7-9(16-4)10(8)12-11(15)13-14(2)3/h5-7H,1-4H3,(H2,12,13,15). The van der Waals surface area contributed by atoms with Crippen LogP contribution in [0.15, 0.2) is 18.2 Å². The van der Waals surface area contributed by atoms with E-state index in [9.17, 15) is 4.79 Å². The summed E-state index contributed by atoms with van der Waals surface area (Å²) in [4.78, 5) is 11.5. The van der Waals surface area contributed by atoms with Gasteiger partial charge in [0.2, 0.25) is 0 Å². The number of benzene rings is 1. The SMILES string of the molecule is COc1cccc(C)c1NC(=O)NN(C)C. The van der Waals surface area contributed by atoms with Gasteiger partial charge in [-0.2, -0.15) is 0 Å². The second-order valence-corrected chi connectivity index (χ2v) is 3.61. The highest BCUT2D eigenvalue weighted by Crippen LogP contribution is 2.27. The first kappa shape index (κ1) is 12.3. The smallest absolute Gasteiger partial charge is 0.333 e. The number of para-hydroxylation sites is 1. The molecule has 0 aromatic heterocycles. The number of rotatable bonds is 3. The summed E-state index contributed by atoms with van der Waals surface area (Å²) < 4.78 is 5.18. The lowest BCUT2D eigenvalue weighted by Gasteiger charge is -2.16. The van der Waals surface area contributed by atoms with Gasteiger partial charge in [-0.05, 0) is 18.6 Å². The molecule has 2 N–H and O–H groups in total. The van der Waals surface area contributed by atoms with Crippen LogP contribution in [0.1, 0.15) is 5.56 Å². The maximum atomic E-state index is 11.5. The number of nitrogens with one attached hydrogen (secondary N) is 2. The number of nitrogens with zero attached hydrogens (tertiary/aromatic N) is 1. The van der Waals surface area contributed by atoms with E-state index in [1.165, 1.54) is 0 Å². The predicted octanol–water partition coefficient (Wildman–Crippen LogP) is 1.60. The monoisotopic (exact) mass is 223 g/mol. The topological polar surface area (TPSA) is 53.6 Å². The van der Waals surface area contributed by atoms with Crippen molar-refractivity contribution in [2.45, 2.75) is 6.92 Å². The molecule has 0 atom stereocenters. The Morgan fingerprint density at radius 2 is 2.06 bits per heavy atom. The van der Waals surface area contributed by atoms with Crippen LogP contribution in [0.5, 0.6) is 5.75 Å². The Labute approximate surface area is 95.4 Å². The van der Waals surface area contributed by atoms with Crippen LogP contribution in [0.2, 0.25) is 0 Å². The molecule has 0 unspecified atom stereocenters. The van der Waals surface area contributed by atoms with Crippen molar-refractivity contribution in [3.63, 3.8) is 0 Å². The van der Waals surface area contributed by atoms with Crippen molar-refractivity contribution >= 4 is 11.7 Å². The van der Waals surface area contributed by atoms with Gasteiger partial charge >= 0.3 is 6.03 Å². The van der Waals surface area contributed by atoms with E-state index >= 15 is 0 Å². The van der Waals surface area contributed by atoms with Crippen molar-refractivity contribution in [3.8, 4) is 5.75 Å². The third kappa shape index (κ3) is 3.13. The van der Waals surface area contributed by atoms with Gasteiger partial charge in [-0.1, -0.05) is 12.1 Å². The van der Waals surface area contributed by atoms with Crippen LogP contribution in [0.3, 0.4) is 0 Å². The first-order valence-corrected chi connectivity index (χ1v) is 4.93. The summed E-state index contributed by atoms with van der Waals surface area (Å²) in [7, 11) is 5.06. The molecule has 0 heterocycles. The molecule has 16 heavy (non-hydrogen) atoms. The van der Waals surface area contributed by atoms with Crippen molar-refractivity contribution < 1.29 is 9.53 Å². The van der Waals surface area contributed by atoms with Gasteiger partial charge in [0.1, 0.15) is 5.75 Å². The number of aryl methyl sites for hydroxylation is 1. The molecular weight excluding hydrogens is 206 g/mol. The Kier molecular flexibility index (Phi) is 4.13. The van der Waals surface area contributed by atoms with Gasteiger partial charge in [-0.25, -0.2) is 9.80 Å². The van der Waals surface area contributed by atoms with Gasteiger partial charge in [0.25, 0.3) is 0 Å². The van der Waals surface area contributed by atoms with Crippen LogP contribution < -0.4 is 15.5 Å². The highest BCUT2D eigenvalue weighted by atomic mass is 16.5. The molecule has 0 radical (unpaired) electrons. The number of carbonyl (C=O) groups is 1. The van der Waals surface area contributed by atoms with E-state index in [-0.39, 0.29) is 6.03 Å². The van der Waals surface area contributed by atoms with Crippen LogP contribution in [0.4, 0.5) is 10.5 Å². The van der Waals surface area contributed by atoms with Gasteiger partial charge < -0.3 is 10.1 Å². The van der Waals surface area contributed by atoms with Gasteiger partial charge in [-0.15, -0.1) is 0 Å². The van der Waals surface area contributed by atoms with Crippen LogP contribution in [0, 0.1) is 6.92 Å². The minimum absolute atomic E-state index is 0.294. The number of hydrogen-bond donors (Lipinski definition) is 2. The Morgan fingerprint density at radius 1 is 1.38 bits per heavy atom. The molecule has 0 aliphatic rings. The molecule has 1 aromatic rings. The second-order valence-electron chi connectivity index (χ2n) is 3.61. The molecule has 0 saturated carbocycles. The van der Waals surface area contributed by atoms with Crippen molar-refractivity contribution in [2.24, 2.45) is 0 Å². The number of hydrogen-bond acceptors (Lipinski definition) is 3. The molecular formula is C11H17N3O2. The van der Waals surface area contributed by atoms with Crippen molar-refractivity contribution in [3.05, 3.63) is 23.8 Å². The van der Waals surface area contributed by atoms with Crippen LogP contribution >= 0.6 is 0 Å². The van der Waals surface area contributed by atoms with E-state index in [0.717, 1.165) is 5.56 Å². The molecule has 0 aliphatic carbocycles. The zero-order chi connectivity index (χ0) is 12.1. The summed E-state index contributed by atoms with van der Waals surface area (Å²) in [6, 6.07) is 5.30. The van der Waals surface area contributed by atoms with Crippen LogP contribution in [-0.2, 0) is 0 Å². The number of ether oxygens (including phenoxy) is 1. The maximum Gasteiger partial charge on any atom is 0.333 e. The average molecular weight is 223 g/mol. The number of hydrazine groups is 1. The molecule has 2 amide bonds. The van der Waals surface area contributed by atoms with Crippen molar-refractivity contribution in [1.82, 2.24) is 10.4 Å². The van der Waals surface area contributed by atoms with Crippen molar-refractivity contribution in [1.29, 1.82) is 0 Å². The Morgan fingerprint density at radius 3 is 2.62 bits per heavy atom. The van der Waals surface area contributed by atoms with Gasteiger partial charge in [0, 0.05) is 14.1 Å². The summed E-state index contributed by atoms with van der Waals surface area (Å²) in [5, 5.41) is 4.31. The van der Waals surface area contributed by atoms with E-state index in [0.29, 0.717) is 11.4 Å². The zero-order valence-electron chi connectivity index (χ0n) is 10.00. The predicted molar refractivity (Wildman–Crippen MR) is 63.6 cm³/mol. The summed E-state index contributed by atoms with van der Waals surface area (Å²) in [5.74, 6) is 0.647. The lowest BCUT2D eigenvalue weighted by molar-refractivity contribution is 0.224. The molecule has 5 heteroatoms. The van der Waals surface area contributed by atoms with Crippen molar-refractivity contribution in [2.75, 3.05) is 26.5 Å². The fraction of sp³-hybridized carbons (Fsp3) is 0.364. The van der Waals surface area contributed by atoms with E-state index in [2.05, 4.69) is 10.7 Å². The first-order chi connectivity index (χ1) is 7.54. The molecule has 88 valence electrons. The number of anilines is 1. The fourth-order valence-electron chi connectivity index (χ4n) is 1.32. The maximum absolute atomic E-state index is 11.5. The Balaban J connectivity index is 2.83. The molecule has 1 aromatic carbocycles. The van der Waals surface area contributed by atoms with E-state index in [1.807, 2.05) is 19.1 Å². The normalized spacial score (nSPS) is 10.1. The summed E-state index contributed by atoms with van der Waals surface area (Å²) >= 11 is 0. The molecule has 0 bridgehead atoms. The van der Waals surface area contributed by atoms with E-state index < -0.39 is 0 Å². The molecule has 1 rings (SSSR count). The average Bonchev–Trinajstić information content (AvgIpc) is 2.20. The lowest BCUT2D eigenvalue weighted by Crippen LogP contribution is -2.39. The minimum atomic E-state index is -0.294. The minimum Gasteiger partial charge on any atom is -0.495 e. The number of amides is 2. The molecule has 0 spiro atoms. The van der Waals surface area contributed by atoms with Crippen LogP contribution in [0.25, 0.3) is 0 Å². The molecule has 5 nitrogen and oxygen atoms in total. The lowest BCUT2D eigenvalue weighted by atomic mass is 10.2. The highest BCUT2D eigenvalue weighted by Gasteiger charge is 2.09. The first-order valence-electron chi connectivity index (χ1n) is 4.93. The third-order valence-electron chi connectivity index (χ3n) is 2.02. The fourth-order valence-corrected chi connectivity index (χ4v) is 1.32. The largest absolute Gasteiger partial charge is 0.495 e. The Bertz CT molecular complexity index is 377. The summed E-state index contributed by atoms with van der Waals surface area (Å²) in [5.41, 5.74) is 4.23. The quantitative estimate of drug-likeness (QED) is 0.765. The Hall–Kier alpha value is -1.75. The highest BCUT2D eigenvalue weighted by molar-refractivity contribution is 5.91. The second kappa shape index (κ2) is 5.37. The summed E-state index contributed by atoms with van der Waals surface area (Å²) in [6.45, 7) is 1.91. The third-order valence-corrected chi connectivity index (χ3v) is 2.02. The van der Waals surface area contributed by atoms with Crippen LogP contribution in [-0.4, -0.2) is 32.2 Å². The molecule has 0 saturated heterocycles. The molecule has 0 fully saturated rings. The number of methoxy groups -OCH3 is 1. The zero-order valence-corrected chi connectivity index (χ0v) is 10.00. The number of carbonyl (C=O) groups excluding carboxylic acids is 1. The van der Waals surface area contributed by atoms with E-state index in [4.69, 9.17) is 4.74 Å². The van der Waals surface area contributed by atoms with Gasteiger partial charge in [0.05, 0.1) is 12.8 Å².